The lowest BCUT2D eigenvalue weighted by atomic mass is 10.0. The Balaban J connectivity index is 2.10. The number of hydrogen-bond acceptors (Lipinski definition) is 4. The highest BCUT2D eigenvalue weighted by molar-refractivity contribution is 7.12. The summed E-state index contributed by atoms with van der Waals surface area (Å²) in [4.78, 5) is 36.7. The minimum Gasteiger partial charge on any atom is -0.339 e. The highest BCUT2D eigenvalue weighted by Gasteiger charge is 2.25. The van der Waals surface area contributed by atoms with Gasteiger partial charge in [-0.3, -0.25) is 14.4 Å². The molecule has 0 aliphatic heterocycles. The second kappa shape index (κ2) is 7.88. The van der Waals surface area contributed by atoms with Crippen LogP contribution in [0.25, 0.3) is 0 Å². The highest BCUT2D eigenvalue weighted by Crippen LogP contribution is 2.14. The first-order valence-corrected chi connectivity index (χ1v) is 8.52. The summed E-state index contributed by atoms with van der Waals surface area (Å²) >= 11 is 1.32. The number of carbonyl (C=O) groups is 3. The van der Waals surface area contributed by atoms with E-state index in [9.17, 15) is 14.4 Å². The van der Waals surface area contributed by atoms with Gasteiger partial charge in [0.1, 0.15) is 6.04 Å². The zero-order valence-electron chi connectivity index (χ0n) is 13.8. The van der Waals surface area contributed by atoms with Gasteiger partial charge in [0.05, 0.1) is 4.88 Å². The summed E-state index contributed by atoms with van der Waals surface area (Å²) in [6.45, 7) is 5.20. The lowest BCUT2D eigenvalue weighted by Gasteiger charge is -2.21. The zero-order chi connectivity index (χ0) is 17.7. The molecule has 2 N–H and O–H groups in total. The van der Waals surface area contributed by atoms with E-state index in [2.05, 4.69) is 10.6 Å². The van der Waals surface area contributed by atoms with E-state index >= 15 is 0 Å². The van der Waals surface area contributed by atoms with Crippen LogP contribution in [0, 0.1) is 5.92 Å². The molecule has 1 atom stereocenters. The van der Waals surface area contributed by atoms with Crippen molar-refractivity contribution < 1.29 is 14.4 Å². The molecule has 1 aromatic carbocycles. The molecule has 1 aromatic heterocycles. The predicted octanol–water partition coefficient (Wildman–Crippen LogP) is 3.34. The summed E-state index contributed by atoms with van der Waals surface area (Å²) in [5.74, 6) is -0.727. The molecule has 0 aliphatic rings. The average molecular weight is 344 g/mol. The first-order valence-electron chi connectivity index (χ1n) is 7.64. The van der Waals surface area contributed by atoms with Crippen LogP contribution in [0.15, 0.2) is 41.8 Å². The van der Waals surface area contributed by atoms with Gasteiger partial charge in [-0.25, -0.2) is 0 Å². The molecule has 0 radical (unpaired) electrons. The third kappa shape index (κ3) is 4.52. The molecule has 24 heavy (non-hydrogen) atoms. The largest absolute Gasteiger partial charge is 0.339 e. The Bertz CT molecular complexity index is 738. The summed E-state index contributed by atoms with van der Waals surface area (Å²) in [6.07, 6.45) is 0. The molecule has 5 nitrogen and oxygen atoms in total. The van der Waals surface area contributed by atoms with Crippen molar-refractivity contribution in [3.63, 3.8) is 0 Å². The van der Waals surface area contributed by atoms with Crippen LogP contribution in [0.3, 0.4) is 0 Å². The number of benzene rings is 1. The summed E-state index contributed by atoms with van der Waals surface area (Å²) in [5.41, 5.74) is 1.06. The fraction of sp³-hybridized carbons (Fsp3) is 0.278. The Kier molecular flexibility index (Phi) is 5.87. The lowest BCUT2D eigenvalue weighted by molar-refractivity contribution is -0.118. The van der Waals surface area contributed by atoms with Crippen molar-refractivity contribution in [2.75, 3.05) is 5.32 Å². The van der Waals surface area contributed by atoms with Crippen molar-refractivity contribution in [1.29, 1.82) is 0 Å². The Morgan fingerprint density at radius 3 is 2.42 bits per heavy atom. The first-order chi connectivity index (χ1) is 11.4. The molecular formula is C18H20N2O3S. The fourth-order valence-electron chi connectivity index (χ4n) is 2.19. The molecule has 2 aromatic rings. The van der Waals surface area contributed by atoms with Gasteiger partial charge in [0.25, 0.3) is 5.91 Å². The third-order valence-electron chi connectivity index (χ3n) is 3.52. The maximum Gasteiger partial charge on any atom is 0.262 e. The van der Waals surface area contributed by atoms with Gasteiger partial charge in [-0.05, 0) is 36.4 Å². The number of ketones is 1. The van der Waals surface area contributed by atoms with E-state index in [4.69, 9.17) is 0 Å². The highest BCUT2D eigenvalue weighted by atomic mass is 32.1. The number of hydrogen-bond donors (Lipinski definition) is 2. The molecule has 126 valence electrons. The molecule has 2 rings (SSSR count). The smallest absolute Gasteiger partial charge is 0.262 e. The van der Waals surface area contributed by atoms with E-state index in [0.717, 1.165) is 0 Å². The van der Waals surface area contributed by atoms with Gasteiger partial charge in [0.2, 0.25) is 5.91 Å². The van der Waals surface area contributed by atoms with Crippen molar-refractivity contribution in [1.82, 2.24) is 5.32 Å². The van der Waals surface area contributed by atoms with Crippen LogP contribution >= 0.6 is 11.3 Å². The van der Waals surface area contributed by atoms with Gasteiger partial charge in [-0.2, -0.15) is 0 Å². The van der Waals surface area contributed by atoms with E-state index in [0.29, 0.717) is 16.1 Å². The predicted molar refractivity (Wildman–Crippen MR) is 95.5 cm³/mol. The van der Waals surface area contributed by atoms with E-state index in [1.54, 1.807) is 36.4 Å². The van der Waals surface area contributed by atoms with Crippen molar-refractivity contribution in [2.45, 2.75) is 26.8 Å². The molecule has 1 heterocycles. The minimum absolute atomic E-state index is 0.0718. The normalized spacial score (nSPS) is 11.8. The summed E-state index contributed by atoms with van der Waals surface area (Å²) in [6, 6.07) is 9.57. The number of rotatable bonds is 6. The Hall–Kier alpha value is -2.47. The SMILES string of the molecule is CC(=O)c1cccc(NC(=O)[C@@H](NC(=O)c2cccs2)C(C)C)c1. The Labute approximate surface area is 145 Å². The second-order valence-electron chi connectivity index (χ2n) is 5.80. The summed E-state index contributed by atoms with van der Waals surface area (Å²) in [7, 11) is 0. The lowest BCUT2D eigenvalue weighted by Crippen LogP contribution is -2.46. The minimum atomic E-state index is -0.666. The first kappa shape index (κ1) is 17.9. The van der Waals surface area contributed by atoms with Crippen LogP contribution in [0.5, 0.6) is 0 Å². The number of thiophene rings is 1. The quantitative estimate of drug-likeness (QED) is 0.789. The van der Waals surface area contributed by atoms with Gasteiger partial charge in [-0.15, -0.1) is 11.3 Å². The van der Waals surface area contributed by atoms with Gasteiger partial charge in [-0.1, -0.05) is 32.0 Å². The molecule has 0 spiro atoms. The Morgan fingerprint density at radius 2 is 1.83 bits per heavy atom. The van der Waals surface area contributed by atoms with Gasteiger partial charge < -0.3 is 10.6 Å². The number of carbonyl (C=O) groups excluding carboxylic acids is 3. The number of amides is 2. The van der Waals surface area contributed by atoms with E-state index in [-0.39, 0.29) is 23.5 Å². The molecule has 0 fully saturated rings. The molecule has 0 aliphatic carbocycles. The van der Waals surface area contributed by atoms with Gasteiger partial charge in [0, 0.05) is 11.3 Å². The van der Waals surface area contributed by atoms with Crippen LogP contribution in [-0.2, 0) is 4.79 Å². The van der Waals surface area contributed by atoms with E-state index in [1.165, 1.54) is 18.3 Å². The maximum atomic E-state index is 12.5. The van der Waals surface area contributed by atoms with Crippen LogP contribution in [-0.4, -0.2) is 23.6 Å². The van der Waals surface area contributed by atoms with Crippen LogP contribution in [0.1, 0.15) is 40.8 Å². The molecule has 0 saturated heterocycles. The molecular weight excluding hydrogens is 324 g/mol. The summed E-state index contributed by atoms with van der Waals surface area (Å²) in [5, 5.41) is 7.35. The third-order valence-corrected chi connectivity index (χ3v) is 4.39. The monoisotopic (exact) mass is 344 g/mol. The number of anilines is 1. The zero-order valence-corrected chi connectivity index (χ0v) is 14.6. The van der Waals surface area contributed by atoms with Gasteiger partial charge >= 0.3 is 0 Å². The van der Waals surface area contributed by atoms with Gasteiger partial charge in [0.15, 0.2) is 5.78 Å². The van der Waals surface area contributed by atoms with E-state index < -0.39 is 6.04 Å². The van der Waals surface area contributed by atoms with E-state index in [1.807, 2.05) is 19.2 Å². The molecule has 0 saturated carbocycles. The average Bonchev–Trinajstić information content (AvgIpc) is 3.06. The topological polar surface area (TPSA) is 75.3 Å². The van der Waals surface area contributed by atoms with Crippen molar-refractivity contribution >= 4 is 34.6 Å². The van der Waals surface area contributed by atoms with Crippen LogP contribution in [0.2, 0.25) is 0 Å². The fourth-order valence-corrected chi connectivity index (χ4v) is 2.82. The van der Waals surface area contributed by atoms with Crippen molar-refractivity contribution in [3.05, 3.63) is 52.2 Å². The maximum absolute atomic E-state index is 12.5. The molecule has 2 amide bonds. The Morgan fingerprint density at radius 1 is 1.08 bits per heavy atom. The van der Waals surface area contributed by atoms with Crippen molar-refractivity contribution in [3.8, 4) is 0 Å². The van der Waals surface area contributed by atoms with Crippen molar-refractivity contribution in [2.24, 2.45) is 5.92 Å². The molecule has 0 unspecified atom stereocenters. The molecule has 6 heteroatoms. The standard InChI is InChI=1S/C18H20N2O3S/c1-11(2)16(20-17(22)15-8-5-9-24-15)18(23)19-14-7-4-6-13(10-14)12(3)21/h4-11,16H,1-3H3,(H,19,23)(H,20,22)/t16-/m0/s1. The van der Waals surface area contributed by atoms with Crippen LogP contribution in [0.4, 0.5) is 5.69 Å². The second-order valence-corrected chi connectivity index (χ2v) is 6.75. The number of nitrogens with one attached hydrogen (secondary N) is 2. The summed E-state index contributed by atoms with van der Waals surface area (Å²) < 4.78 is 0. The molecule has 0 bridgehead atoms. The van der Waals surface area contributed by atoms with Crippen LogP contribution < -0.4 is 10.6 Å². The number of Topliss-reactive ketones (excluding diaryl/α,β-unsaturated/α-hetero) is 1.